The van der Waals surface area contributed by atoms with Gasteiger partial charge < -0.3 is 10.5 Å². The zero-order chi connectivity index (χ0) is 14.0. The van der Waals surface area contributed by atoms with Crippen molar-refractivity contribution in [2.75, 3.05) is 7.11 Å². The molecular formula is C14H12BrF2NO. The molecule has 0 aliphatic heterocycles. The molecule has 2 rings (SSSR count). The molecule has 0 amide bonds. The minimum atomic E-state index is -0.934. The summed E-state index contributed by atoms with van der Waals surface area (Å²) in [5.74, 6) is -1.18. The molecule has 19 heavy (non-hydrogen) atoms. The fourth-order valence-corrected chi connectivity index (χ4v) is 2.36. The van der Waals surface area contributed by atoms with Crippen LogP contribution in [-0.4, -0.2) is 7.11 Å². The van der Waals surface area contributed by atoms with Gasteiger partial charge in [-0.15, -0.1) is 0 Å². The fraction of sp³-hybridized carbons (Fsp3) is 0.143. The van der Waals surface area contributed by atoms with Crippen LogP contribution >= 0.6 is 15.9 Å². The average molecular weight is 328 g/mol. The molecule has 1 atom stereocenters. The van der Waals surface area contributed by atoms with Crippen molar-refractivity contribution in [3.8, 4) is 5.75 Å². The monoisotopic (exact) mass is 327 g/mol. The van der Waals surface area contributed by atoms with E-state index in [-0.39, 0.29) is 4.47 Å². The van der Waals surface area contributed by atoms with E-state index in [1.165, 1.54) is 6.07 Å². The largest absolute Gasteiger partial charge is 0.497 e. The quantitative estimate of drug-likeness (QED) is 0.870. The Morgan fingerprint density at radius 3 is 2.63 bits per heavy atom. The van der Waals surface area contributed by atoms with Gasteiger partial charge in [-0.3, -0.25) is 0 Å². The van der Waals surface area contributed by atoms with E-state index in [0.717, 1.165) is 11.6 Å². The molecule has 0 aliphatic carbocycles. The molecule has 0 aromatic heterocycles. The van der Waals surface area contributed by atoms with Gasteiger partial charge in [-0.1, -0.05) is 18.2 Å². The van der Waals surface area contributed by atoms with Crippen molar-refractivity contribution in [1.82, 2.24) is 0 Å². The zero-order valence-electron chi connectivity index (χ0n) is 10.2. The van der Waals surface area contributed by atoms with Gasteiger partial charge in [-0.05, 0) is 45.3 Å². The molecule has 0 heterocycles. The average Bonchev–Trinajstić information content (AvgIpc) is 2.44. The molecule has 2 nitrogen and oxygen atoms in total. The molecule has 2 aromatic carbocycles. The fourth-order valence-electron chi connectivity index (χ4n) is 1.80. The summed E-state index contributed by atoms with van der Waals surface area (Å²) >= 11 is 3.04. The molecule has 0 saturated heterocycles. The van der Waals surface area contributed by atoms with Crippen LogP contribution < -0.4 is 10.5 Å². The Kier molecular flexibility index (Phi) is 4.17. The summed E-state index contributed by atoms with van der Waals surface area (Å²) in [4.78, 5) is 0. The molecule has 0 fully saturated rings. The molecule has 2 N–H and O–H groups in total. The van der Waals surface area contributed by atoms with Crippen molar-refractivity contribution < 1.29 is 13.5 Å². The summed E-state index contributed by atoms with van der Waals surface area (Å²) in [6, 6.07) is 9.11. The lowest BCUT2D eigenvalue weighted by Gasteiger charge is -2.15. The first-order chi connectivity index (χ1) is 9.04. The number of rotatable bonds is 3. The van der Waals surface area contributed by atoms with Gasteiger partial charge in [-0.25, -0.2) is 8.78 Å². The maximum absolute atomic E-state index is 13.5. The van der Waals surface area contributed by atoms with E-state index in [1.807, 2.05) is 0 Å². The number of halogens is 3. The third-order valence-corrected chi connectivity index (χ3v) is 3.66. The maximum Gasteiger partial charge on any atom is 0.173 e. The highest BCUT2D eigenvalue weighted by Gasteiger charge is 2.17. The predicted molar refractivity (Wildman–Crippen MR) is 73.1 cm³/mol. The van der Waals surface area contributed by atoms with E-state index >= 15 is 0 Å². The maximum atomic E-state index is 13.5. The Labute approximate surface area is 118 Å². The number of hydrogen-bond donors (Lipinski definition) is 1. The third kappa shape index (κ3) is 2.77. The lowest BCUT2D eigenvalue weighted by atomic mass is 9.99. The second-order valence-electron chi connectivity index (χ2n) is 4.02. The van der Waals surface area contributed by atoms with Crippen molar-refractivity contribution >= 4 is 15.9 Å². The van der Waals surface area contributed by atoms with Gasteiger partial charge >= 0.3 is 0 Å². The molecule has 2 aromatic rings. The molecule has 0 aliphatic rings. The molecule has 0 saturated carbocycles. The van der Waals surface area contributed by atoms with Crippen molar-refractivity contribution in [3.63, 3.8) is 0 Å². The topological polar surface area (TPSA) is 35.2 Å². The smallest absolute Gasteiger partial charge is 0.173 e. The Morgan fingerprint density at radius 1 is 1.21 bits per heavy atom. The van der Waals surface area contributed by atoms with Crippen LogP contribution in [0.2, 0.25) is 0 Å². The molecular weight excluding hydrogens is 316 g/mol. The number of ether oxygens (including phenoxy) is 1. The van der Waals surface area contributed by atoms with Gasteiger partial charge in [0.1, 0.15) is 5.75 Å². The highest BCUT2D eigenvalue weighted by Crippen LogP contribution is 2.31. The van der Waals surface area contributed by atoms with E-state index in [2.05, 4.69) is 15.9 Å². The van der Waals surface area contributed by atoms with Crippen LogP contribution in [0.15, 0.2) is 40.9 Å². The van der Waals surface area contributed by atoms with Gasteiger partial charge in [0.05, 0.1) is 17.6 Å². The number of methoxy groups -OCH3 is 1. The first kappa shape index (κ1) is 14.0. The lowest BCUT2D eigenvalue weighted by molar-refractivity contribution is 0.414. The van der Waals surface area contributed by atoms with E-state index in [9.17, 15) is 8.78 Å². The zero-order valence-corrected chi connectivity index (χ0v) is 11.7. The first-order valence-electron chi connectivity index (χ1n) is 5.57. The Hall–Kier alpha value is -1.46. The SMILES string of the molecule is COc1cccc(C(N)c2ccc(F)c(F)c2Br)c1. The van der Waals surface area contributed by atoms with Crippen LogP contribution in [0.3, 0.4) is 0 Å². The number of nitrogens with two attached hydrogens (primary N) is 1. The molecule has 0 spiro atoms. The van der Waals surface area contributed by atoms with Crippen LogP contribution in [-0.2, 0) is 0 Å². The van der Waals surface area contributed by atoms with Gasteiger partial charge in [0.2, 0.25) is 0 Å². The highest BCUT2D eigenvalue weighted by atomic mass is 79.9. The second kappa shape index (κ2) is 5.67. The van der Waals surface area contributed by atoms with Gasteiger partial charge in [0.25, 0.3) is 0 Å². The Bertz CT molecular complexity index is 604. The van der Waals surface area contributed by atoms with E-state index < -0.39 is 17.7 Å². The van der Waals surface area contributed by atoms with Crippen molar-refractivity contribution in [1.29, 1.82) is 0 Å². The minimum absolute atomic E-state index is 0.0443. The molecule has 0 bridgehead atoms. The van der Waals surface area contributed by atoms with Crippen LogP contribution in [0, 0.1) is 11.6 Å². The normalized spacial score (nSPS) is 12.3. The van der Waals surface area contributed by atoms with E-state index in [4.69, 9.17) is 10.5 Å². The second-order valence-corrected chi connectivity index (χ2v) is 4.81. The third-order valence-electron chi connectivity index (χ3n) is 2.85. The molecule has 0 radical (unpaired) electrons. The molecule has 100 valence electrons. The number of benzene rings is 2. The van der Waals surface area contributed by atoms with Crippen LogP contribution in [0.5, 0.6) is 5.75 Å². The van der Waals surface area contributed by atoms with Crippen LogP contribution in [0.25, 0.3) is 0 Å². The summed E-state index contributed by atoms with van der Waals surface area (Å²) in [6.07, 6.45) is 0. The Morgan fingerprint density at radius 2 is 1.95 bits per heavy atom. The highest BCUT2D eigenvalue weighted by molar-refractivity contribution is 9.10. The first-order valence-corrected chi connectivity index (χ1v) is 6.37. The number of hydrogen-bond acceptors (Lipinski definition) is 2. The summed E-state index contributed by atoms with van der Waals surface area (Å²) in [6.45, 7) is 0. The summed E-state index contributed by atoms with van der Waals surface area (Å²) in [5.41, 5.74) is 7.32. The van der Waals surface area contributed by atoms with E-state index in [0.29, 0.717) is 11.3 Å². The van der Waals surface area contributed by atoms with Gasteiger partial charge in [-0.2, -0.15) is 0 Å². The van der Waals surface area contributed by atoms with Gasteiger partial charge in [0, 0.05) is 0 Å². The van der Waals surface area contributed by atoms with Crippen molar-refractivity contribution in [3.05, 3.63) is 63.6 Å². The predicted octanol–water partition coefficient (Wildman–Crippen LogP) is 3.78. The standard InChI is InChI=1S/C14H12BrF2NO/c1-19-9-4-2-3-8(7-9)14(18)10-5-6-11(16)13(17)12(10)15/h2-7,14H,18H2,1H3. The molecule has 5 heteroatoms. The summed E-state index contributed by atoms with van der Waals surface area (Å²) in [5, 5.41) is 0. The summed E-state index contributed by atoms with van der Waals surface area (Å²) < 4.78 is 31.7. The van der Waals surface area contributed by atoms with Crippen molar-refractivity contribution in [2.24, 2.45) is 5.73 Å². The van der Waals surface area contributed by atoms with Crippen molar-refractivity contribution in [2.45, 2.75) is 6.04 Å². The minimum Gasteiger partial charge on any atom is -0.497 e. The molecule has 1 unspecified atom stereocenters. The Balaban J connectivity index is 2.44. The van der Waals surface area contributed by atoms with Crippen LogP contribution in [0.1, 0.15) is 17.2 Å². The van der Waals surface area contributed by atoms with Gasteiger partial charge in [0.15, 0.2) is 11.6 Å². The lowest BCUT2D eigenvalue weighted by Crippen LogP contribution is -2.13. The summed E-state index contributed by atoms with van der Waals surface area (Å²) in [7, 11) is 1.55. The van der Waals surface area contributed by atoms with E-state index in [1.54, 1.807) is 31.4 Å². The van der Waals surface area contributed by atoms with Crippen LogP contribution in [0.4, 0.5) is 8.78 Å².